The van der Waals surface area contributed by atoms with Gasteiger partial charge in [0.1, 0.15) is 32.2 Å². The summed E-state index contributed by atoms with van der Waals surface area (Å²) < 4.78 is 31.5. The highest BCUT2D eigenvalue weighted by Gasteiger charge is 2.40. The molecular formula is C122H238N10O8. The maximum Gasteiger partial charge on any atom is 0.220 e. The quantitative estimate of drug-likeness (QED) is 0.0174. The Labute approximate surface area is 872 Å². The van der Waals surface area contributed by atoms with Gasteiger partial charge in [-0.2, -0.15) is 0 Å². The molecule has 824 valence electrons. The van der Waals surface area contributed by atoms with Gasteiger partial charge in [0.25, 0.3) is 0 Å². The minimum atomic E-state index is -0.0305. The van der Waals surface area contributed by atoms with Crippen molar-refractivity contribution in [3.05, 3.63) is 59.7 Å². The SMILES string of the molecule is CC(C)CC(=O)CCC(=O)NC(C)C.CC(C)CC/C=C/CNC(C)C.CC(C)CC1CCC(CC(C)C)CC1.CC(C)CN1CC2CN(CC(C)C)CC2C1.CC(C)Cc1ccc(CC(C)C)cc1.CC(C)NCC#CCNC(C)C.CC(C)NCC#CCNC(C)C.CC(C)NCCNC(C)C.CC(C)OC/C=C/COC(C)C.CC(C)OCC#CCOC(C)C.CC(C)OCC#CCOC(C)C. The first kappa shape index (κ1) is 148. The van der Waals surface area contributed by atoms with E-state index in [-0.39, 0.29) is 42.1 Å². The number of ketones is 1. The number of allylic oxidation sites excluding steroid dienone is 1. The Morgan fingerprint density at radius 2 is 0.614 bits per heavy atom. The summed E-state index contributed by atoms with van der Waals surface area (Å²) in [6.45, 7) is 112. The predicted octanol–water partition coefficient (Wildman–Crippen LogP) is 25.0. The topological polar surface area (TPSA) is 192 Å². The van der Waals surface area contributed by atoms with Crippen molar-refractivity contribution in [2.75, 3.05) is 125 Å². The standard InChI is InChI=1S/C14H28N2.C14H28.C14H22.C11H21NO2.C11H23N.2C10H20N2.C10H20O2.2C10H18O2.C8H20N2/c1-11(2)5-15-7-13-9-16(6-12(3)4)10-14(13)8-15;2*1-11(2)9-13-5-7-14(8-6-13)10-12(3)4;1-8(2)7-10(13)5-6-11(14)12-9(3)4;1-10(2)8-6-5-7-9-12-11(3)4;5*1-9(2)11-7-5-6-8-12-10(3)4;1-7(2)9-5-6-10-8(3)4/h11-14H,5-10H2,1-4H3;11-14H,5-10H2,1-4H3;5-8,11-12H,9-10H2,1-4H3;8-9H,5-7H2,1-4H3,(H,12,14);5,7,10-12H,6,8-9H2,1-4H3;2*9-12H,7-8H2,1-4H3;5-6,9-10H,7-8H2,1-4H3;2*9-10H,7-8H2,1-4H3;7-10H,5-6H2,1-4H3/b;;;;7-5+;;;6-5+;;;. The summed E-state index contributed by atoms with van der Waals surface area (Å²) in [7, 11) is 0. The maximum atomic E-state index is 11.3. The Kier molecular flexibility index (Phi) is 108. The third-order valence-electron chi connectivity index (χ3n) is 20.5. The van der Waals surface area contributed by atoms with E-state index < -0.39 is 0 Å². The fourth-order valence-corrected chi connectivity index (χ4v) is 14.1. The van der Waals surface area contributed by atoms with Gasteiger partial charge >= 0.3 is 0 Å². The lowest BCUT2D eigenvalue weighted by Crippen LogP contribution is -2.34. The predicted molar refractivity (Wildman–Crippen MR) is 616 cm³/mol. The summed E-state index contributed by atoms with van der Waals surface area (Å²) in [5.41, 5.74) is 2.93. The van der Waals surface area contributed by atoms with E-state index in [0.29, 0.717) is 119 Å². The number of Topliss-reactive ketones (excluding diaryl/α,β-unsaturated/α-hetero) is 1. The number of rotatable bonds is 51. The molecular weight excluding hydrogens is 1730 g/mol. The molecule has 1 amide bonds. The minimum Gasteiger partial charge on any atom is -0.375 e. The number of nitrogens with zero attached hydrogens (tertiary/aromatic N) is 2. The number of ether oxygens (including phenoxy) is 6. The molecule has 140 heavy (non-hydrogen) atoms. The number of carbonyl (C=O) groups is 2. The Hall–Kier alpha value is -4.52. The number of benzene rings is 1. The third kappa shape index (κ3) is 131. The molecule has 2 aliphatic heterocycles. The number of fused-ring (bicyclic) bond motifs is 1. The van der Waals surface area contributed by atoms with Gasteiger partial charge in [-0.15, -0.1) is 0 Å². The number of hydrogen-bond acceptors (Lipinski definition) is 17. The molecule has 8 N–H and O–H groups in total. The van der Waals surface area contributed by atoms with Crippen molar-refractivity contribution in [3.8, 4) is 47.4 Å². The molecule has 1 aromatic rings. The lowest BCUT2D eigenvalue weighted by Gasteiger charge is -2.30. The molecule has 18 nitrogen and oxygen atoms in total. The zero-order valence-electron chi connectivity index (χ0n) is 100. The van der Waals surface area contributed by atoms with Crippen LogP contribution in [0.3, 0.4) is 0 Å². The van der Waals surface area contributed by atoms with E-state index in [2.05, 4.69) is 330 Å². The number of amides is 1. The van der Waals surface area contributed by atoms with Gasteiger partial charge in [0, 0.05) is 126 Å². The van der Waals surface area contributed by atoms with Gasteiger partial charge in [-0.05, 0) is 273 Å². The average molecular weight is 1970 g/mol. The van der Waals surface area contributed by atoms with Gasteiger partial charge < -0.3 is 80.8 Å². The van der Waals surface area contributed by atoms with Crippen LogP contribution in [0.4, 0.5) is 0 Å². The molecule has 1 aromatic carbocycles. The smallest absolute Gasteiger partial charge is 0.220 e. The first-order valence-electron chi connectivity index (χ1n) is 55.8. The highest BCUT2D eigenvalue weighted by molar-refractivity contribution is 5.85. The van der Waals surface area contributed by atoms with E-state index in [1.54, 1.807) is 0 Å². The first-order valence-corrected chi connectivity index (χ1v) is 55.8. The van der Waals surface area contributed by atoms with Gasteiger partial charge in [0.05, 0.1) is 76.0 Å². The lowest BCUT2D eigenvalue weighted by molar-refractivity contribution is -0.126. The van der Waals surface area contributed by atoms with E-state index in [1.807, 2.05) is 123 Å². The van der Waals surface area contributed by atoms with Crippen LogP contribution in [0.2, 0.25) is 0 Å². The summed E-state index contributed by atoms with van der Waals surface area (Å²) >= 11 is 0. The normalized spacial score (nSPS) is 15.1. The summed E-state index contributed by atoms with van der Waals surface area (Å²) in [5, 5.41) is 25.7. The second-order valence-corrected chi connectivity index (χ2v) is 45.7. The van der Waals surface area contributed by atoms with Gasteiger partial charge in [0.15, 0.2) is 0 Å². The van der Waals surface area contributed by atoms with Crippen LogP contribution < -0.4 is 42.5 Å². The monoisotopic (exact) mass is 1970 g/mol. The molecule has 0 atom stereocenters. The van der Waals surface area contributed by atoms with E-state index in [4.69, 9.17) is 28.4 Å². The molecule has 0 spiro atoms. The van der Waals surface area contributed by atoms with Gasteiger partial charge in [0.2, 0.25) is 5.91 Å². The van der Waals surface area contributed by atoms with Gasteiger partial charge in [-0.3, -0.25) is 9.59 Å². The van der Waals surface area contributed by atoms with Gasteiger partial charge in [-0.25, -0.2) is 0 Å². The van der Waals surface area contributed by atoms with E-state index in [0.717, 1.165) is 111 Å². The van der Waals surface area contributed by atoms with Crippen LogP contribution >= 0.6 is 0 Å². The molecule has 0 unspecified atom stereocenters. The average Bonchev–Trinajstić information content (AvgIpc) is 1.66. The fraction of sp³-hybridized carbons (Fsp3) is 0.836. The summed E-state index contributed by atoms with van der Waals surface area (Å²) in [5.74, 6) is 34.1. The summed E-state index contributed by atoms with van der Waals surface area (Å²) in [6, 6.07) is 13.2. The number of nitrogens with one attached hydrogen (secondary N) is 8. The van der Waals surface area contributed by atoms with Crippen molar-refractivity contribution in [3.63, 3.8) is 0 Å². The lowest BCUT2D eigenvalue weighted by atomic mass is 9.76. The molecule has 1 aliphatic carbocycles. The highest BCUT2D eigenvalue weighted by atomic mass is 16.5. The molecule has 18 heteroatoms. The van der Waals surface area contributed by atoms with E-state index in [9.17, 15) is 9.59 Å². The number of likely N-dealkylation sites (tertiary alicyclic amines) is 2. The molecule has 2 heterocycles. The van der Waals surface area contributed by atoms with Crippen LogP contribution in [0.15, 0.2) is 48.6 Å². The van der Waals surface area contributed by atoms with Crippen molar-refractivity contribution >= 4 is 11.7 Å². The number of carbonyl (C=O) groups excluding carboxylic acids is 2. The Bertz CT molecular complexity index is 2780. The fourth-order valence-electron chi connectivity index (χ4n) is 14.1. The van der Waals surface area contributed by atoms with Crippen molar-refractivity contribution in [1.82, 2.24) is 52.3 Å². The van der Waals surface area contributed by atoms with E-state index >= 15 is 0 Å². The van der Waals surface area contributed by atoms with Crippen molar-refractivity contribution < 1.29 is 38.0 Å². The van der Waals surface area contributed by atoms with Crippen molar-refractivity contribution in [1.29, 1.82) is 0 Å². The zero-order valence-corrected chi connectivity index (χ0v) is 100. The maximum absolute atomic E-state index is 11.3. The van der Waals surface area contributed by atoms with Crippen LogP contribution in [0.25, 0.3) is 0 Å². The summed E-state index contributed by atoms with van der Waals surface area (Å²) in [6.07, 6.45) is 25.3. The molecule has 4 rings (SSSR count). The zero-order chi connectivity index (χ0) is 108. The highest BCUT2D eigenvalue weighted by Crippen LogP contribution is 2.36. The van der Waals surface area contributed by atoms with Crippen molar-refractivity contribution in [2.45, 2.75) is 473 Å². The third-order valence-corrected chi connectivity index (χ3v) is 20.5. The molecule has 0 radical (unpaired) electrons. The molecule has 3 aliphatic rings. The molecule has 1 saturated carbocycles. The molecule has 0 aromatic heterocycles. The number of hydrogen-bond donors (Lipinski definition) is 8. The Balaban J connectivity index is -0.000000279. The minimum absolute atomic E-state index is 0.0305. The summed E-state index contributed by atoms with van der Waals surface area (Å²) in [4.78, 5) is 27.8. The molecule has 0 bridgehead atoms. The van der Waals surface area contributed by atoms with Crippen LogP contribution in [0, 0.1) is 118 Å². The molecule has 2 saturated heterocycles. The Morgan fingerprint density at radius 1 is 0.321 bits per heavy atom. The van der Waals surface area contributed by atoms with E-state index in [1.165, 1.54) is 115 Å². The van der Waals surface area contributed by atoms with Crippen LogP contribution in [0.5, 0.6) is 0 Å². The molecule has 3 fully saturated rings. The Morgan fingerprint density at radius 3 is 0.850 bits per heavy atom. The first-order chi connectivity index (χ1) is 65.5. The van der Waals surface area contributed by atoms with Gasteiger partial charge in [-0.1, -0.05) is 274 Å². The van der Waals surface area contributed by atoms with Crippen LogP contribution in [0.1, 0.15) is 386 Å². The largest absolute Gasteiger partial charge is 0.375 e. The second kappa shape index (κ2) is 102. The van der Waals surface area contributed by atoms with Crippen LogP contribution in [-0.2, 0) is 50.9 Å². The second-order valence-electron chi connectivity index (χ2n) is 45.7. The van der Waals surface area contributed by atoms with Crippen molar-refractivity contribution in [2.24, 2.45) is 71.0 Å². The van der Waals surface area contributed by atoms with Crippen LogP contribution in [-0.4, -0.2) is 231 Å².